The van der Waals surface area contributed by atoms with Gasteiger partial charge in [0.15, 0.2) is 5.75 Å². The number of unbranched alkanes of at least 4 members (excludes halogenated alkanes) is 1. The molecule has 33 heavy (non-hydrogen) atoms. The zero-order valence-corrected chi connectivity index (χ0v) is 19.7. The predicted octanol–water partition coefficient (Wildman–Crippen LogP) is 3.75. The minimum Gasteiger partial charge on any atom is -0.496 e. The summed E-state index contributed by atoms with van der Waals surface area (Å²) in [5, 5.41) is 8.92. The first-order valence-corrected chi connectivity index (χ1v) is 11.1. The number of carboxylic acid groups (broad SMARTS) is 1. The minimum absolute atomic E-state index is 0.0707. The molecule has 1 aromatic rings. The third-order valence-corrected chi connectivity index (χ3v) is 5.82. The van der Waals surface area contributed by atoms with Crippen LogP contribution in [-0.4, -0.2) is 43.2 Å². The number of esters is 3. The Bertz CT molecular complexity index is 904. The van der Waals surface area contributed by atoms with Crippen LogP contribution in [0.5, 0.6) is 11.5 Å². The van der Waals surface area contributed by atoms with Crippen LogP contribution >= 0.6 is 0 Å². The summed E-state index contributed by atoms with van der Waals surface area (Å²) in [7, 11) is 2.83. The highest BCUT2D eigenvalue weighted by Gasteiger charge is 2.34. The van der Waals surface area contributed by atoms with Gasteiger partial charge in [-0.3, -0.25) is 14.4 Å². The van der Waals surface area contributed by atoms with Gasteiger partial charge in [-0.2, -0.15) is 0 Å². The first-order chi connectivity index (χ1) is 15.7. The highest BCUT2D eigenvalue weighted by molar-refractivity contribution is 5.99. The van der Waals surface area contributed by atoms with Gasteiger partial charge in [0.05, 0.1) is 14.2 Å². The third-order valence-electron chi connectivity index (χ3n) is 5.82. The first kappa shape index (κ1) is 26.2. The molecule has 1 heterocycles. The summed E-state index contributed by atoms with van der Waals surface area (Å²) in [6, 6.07) is 0. The van der Waals surface area contributed by atoms with Crippen LogP contribution in [0.1, 0.15) is 78.9 Å². The lowest BCUT2D eigenvalue weighted by Crippen LogP contribution is -2.15. The summed E-state index contributed by atoms with van der Waals surface area (Å²) >= 11 is 0. The van der Waals surface area contributed by atoms with Crippen molar-refractivity contribution < 1.29 is 43.2 Å². The van der Waals surface area contributed by atoms with Gasteiger partial charge in [-0.25, -0.2) is 4.79 Å². The molecule has 9 heteroatoms. The molecule has 1 atom stereocenters. The molecule has 0 aliphatic carbocycles. The van der Waals surface area contributed by atoms with Gasteiger partial charge >= 0.3 is 23.9 Å². The number of carboxylic acids is 1. The van der Waals surface area contributed by atoms with Crippen LogP contribution in [0.15, 0.2) is 0 Å². The van der Waals surface area contributed by atoms with Gasteiger partial charge in [0, 0.05) is 30.4 Å². The van der Waals surface area contributed by atoms with Crippen LogP contribution in [0.3, 0.4) is 0 Å². The van der Waals surface area contributed by atoms with E-state index in [2.05, 4.69) is 4.74 Å². The number of cyclic esters (lactones) is 1. The molecule has 0 saturated heterocycles. The topological polar surface area (TPSA) is 125 Å². The molecular weight excluding hydrogens is 432 g/mol. The minimum atomic E-state index is -0.850. The second-order valence-corrected chi connectivity index (χ2v) is 8.23. The van der Waals surface area contributed by atoms with E-state index in [0.717, 1.165) is 5.56 Å². The van der Waals surface area contributed by atoms with E-state index in [1.165, 1.54) is 14.2 Å². The fourth-order valence-corrected chi connectivity index (χ4v) is 3.87. The molecular formula is C24H32O9. The molecule has 1 N–H and O–H groups in total. The monoisotopic (exact) mass is 464 g/mol. The maximum Gasteiger partial charge on any atom is 0.342 e. The van der Waals surface area contributed by atoms with E-state index in [0.29, 0.717) is 49.0 Å². The predicted molar refractivity (Wildman–Crippen MR) is 117 cm³/mol. The van der Waals surface area contributed by atoms with Crippen LogP contribution in [0, 0.1) is 12.8 Å². The van der Waals surface area contributed by atoms with Crippen LogP contribution in [0.2, 0.25) is 0 Å². The van der Waals surface area contributed by atoms with Gasteiger partial charge in [-0.1, -0.05) is 6.92 Å². The first-order valence-electron chi connectivity index (χ1n) is 11.1. The maximum absolute atomic E-state index is 12.6. The molecule has 0 fully saturated rings. The molecule has 9 nitrogen and oxygen atoms in total. The molecule has 0 saturated carbocycles. The number of ether oxygens (including phenoxy) is 4. The smallest absolute Gasteiger partial charge is 0.342 e. The standard InChI is InChI=1S/C24H32O9/c1-14(10-12-18(25)26)9-11-16-22(31-4)15(2)17-13-32-24(29)21(17)23(16)33-20(28)8-6-5-7-19(27)30-3/h14H,5-13H2,1-4H3,(H,25,26). The van der Waals surface area contributed by atoms with Crippen molar-refractivity contribution in [1.29, 1.82) is 0 Å². The van der Waals surface area contributed by atoms with Gasteiger partial charge in [0.2, 0.25) is 0 Å². The van der Waals surface area contributed by atoms with Gasteiger partial charge in [-0.05, 0) is 50.5 Å². The number of rotatable bonds is 13. The molecule has 1 unspecified atom stereocenters. The molecule has 1 aromatic carbocycles. The zero-order chi connectivity index (χ0) is 24.5. The molecule has 0 aromatic heterocycles. The largest absolute Gasteiger partial charge is 0.496 e. The molecule has 0 spiro atoms. The molecule has 0 radical (unpaired) electrons. The van der Waals surface area contributed by atoms with Crippen molar-refractivity contribution >= 4 is 23.9 Å². The van der Waals surface area contributed by atoms with Crippen molar-refractivity contribution in [3.05, 3.63) is 22.3 Å². The fraction of sp³-hybridized carbons (Fsp3) is 0.583. The Balaban J connectivity index is 2.26. The molecule has 1 aliphatic heterocycles. The molecule has 182 valence electrons. The summed E-state index contributed by atoms with van der Waals surface area (Å²) < 4.78 is 21.1. The lowest BCUT2D eigenvalue weighted by atomic mass is 9.91. The van der Waals surface area contributed by atoms with Gasteiger partial charge in [0.25, 0.3) is 0 Å². The number of carbonyl (C=O) groups excluding carboxylic acids is 3. The Hall–Kier alpha value is -3.10. The molecule has 0 amide bonds. The quantitative estimate of drug-likeness (QED) is 0.264. The SMILES string of the molecule is COC(=O)CCCCC(=O)Oc1c(CCC(C)CCC(=O)O)c(OC)c(C)c2c1C(=O)OC2. The number of hydrogen-bond acceptors (Lipinski definition) is 8. The second kappa shape index (κ2) is 12.2. The highest BCUT2D eigenvalue weighted by Crippen LogP contribution is 2.43. The number of fused-ring (bicyclic) bond motifs is 1. The average molecular weight is 465 g/mol. The number of methoxy groups -OCH3 is 2. The van der Waals surface area contributed by atoms with Gasteiger partial charge < -0.3 is 24.1 Å². The van der Waals surface area contributed by atoms with E-state index in [1.54, 1.807) is 0 Å². The highest BCUT2D eigenvalue weighted by atomic mass is 16.6. The molecule has 0 bridgehead atoms. The third kappa shape index (κ3) is 6.94. The van der Waals surface area contributed by atoms with Crippen LogP contribution in [0.4, 0.5) is 0 Å². The summed E-state index contributed by atoms with van der Waals surface area (Å²) in [5.41, 5.74) is 2.22. The Morgan fingerprint density at radius 2 is 1.70 bits per heavy atom. The van der Waals surface area contributed by atoms with Crippen molar-refractivity contribution in [2.24, 2.45) is 5.92 Å². The van der Waals surface area contributed by atoms with E-state index in [9.17, 15) is 19.2 Å². The fourth-order valence-electron chi connectivity index (χ4n) is 3.87. The van der Waals surface area contributed by atoms with Crippen LogP contribution < -0.4 is 9.47 Å². The Morgan fingerprint density at radius 3 is 2.30 bits per heavy atom. The van der Waals surface area contributed by atoms with Crippen molar-refractivity contribution in [2.45, 2.75) is 71.8 Å². The van der Waals surface area contributed by atoms with Crippen LogP contribution in [-0.2, 0) is 36.9 Å². The number of aliphatic carboxylic acids is 1. The van der Waals surface area contributed by atoms with Crippen molar-refractivity contribution in [1.82, 2.24) is 0 Å². The van der Waals surface area contributed by atoms with Crippen molar-refractivity contribution in [3.63, 3.8) is 0 Å². The van der Waals surface area contributed by atoms with Crippen LogP contribution in [0.25, 0.3) is 0 Å². The lowest BCUT2D eigenvalue weighted by molar-refractivity contribution is -0.141. The Morgan fingerprint density at radius 1 is 1.03 bits per heavy atom. The Kier molecular flexibility index (Phi) is 9.69. The zero-order valence-electron chi connectivity index (χ0n) is 19.7. The van der Waals surface area contributed by atoms with Crippen molar-refractivity contribution in [3.8, 4) is 11.5 Å². The Labute approximate surface area is 193 Å². The summed E-state index contributed by atoms with van der Waals surface area (Å²) in [6.07, 6.45) is 2.85. The molecule has 2 rings (SSSR count). The second-order valence-electron chi connectivity index (χ2n) is 8.23. The average Bonchev–Trinajstić information content (AvgIpc) is 3.17. The number of carbonyl (C=O) groups is 4. The van der Waals surface area contributed by atoms with E-state index in [-0.39, 0.29) is 49.1 Å². The number of benzene rings is 1. The van der Waals surface area contributed by atoms with E-state index < -0.39 is 17.9 Å². The maximum atomic E-state index is 12.6. The number of hydrogen-bond donors (Lipinski definition) is 1. The van der Waals surface area contributed by atoms with Crippen molar-refractivity contribution in [2.75, 3.05) is 14.2 Å². The summed E-state index contributed by atoms with van der Waals surface area (Å²) in [6.45, 7) is 3.86. The summed E-state index contributed by atoms with van der Waals surface area (Å²) in [4.78, 5) is 47.2. The van der Waals surface area contributed by atoms with Gasteiger partial charge in [-0.15, -0.1) is 0 Å². The molecule has 1 aliphatic rings. The normalized spacial score (nSPS) is 13.2. The van der Waals surface area contributed by atoms with E-state index in [1.807, 2.05) is 13.8 Å². The van der Waals surface area contributed by atoms with E-state index in [4.69, 9.17) is 19.3 Å². The van der Waals surface area contributed by atoms with Gasteiger partial charge in [0.1, 0.15) is 17.9 Å². The van der Waals surface area contributed by atoms with E-state index >= 15 is 0 Å². The summed E-state index contributed by atoms with van der Waals surface area (Å²) in [5.74, 6) is -1.47. The lowest BCUT2D eigenvalue weighted by Gasteiger charge is -2.20.